The van der Waals surface area contributed by atoms with Crippen LogP contribution in [0, 0.1) is 5.92 Å². The maximum absolute atomic E-state index is 10.5. The van der Waals surface area contributed by atoms with E-state index >= 15 is 0 Å². The van der Waals surface area contributed by atoms with E-state index in [0.717, 1.165) is 24.8 Å². The van der Waals surface area contributed by atoms with Crippen LogP contribution in [-0.2, 0) is 4.79 Å². The molecule has 0 fully saturated rings. The zero-order valence-corrected chi connectivity index (χ0v) is 12.0. The van der Waals surface area contributed by atoms with Gasteiger partial charge in [0.2, 0.25) is 0 Å². The molecule has 0 radical (unpaired) electrons. The molecule has 0 aromatic rings. The Morgan fingerprint density at radius 1 is 1.17 bits per heavy atom. The van der Waals surface area contributed by atoms with Crippen molar-refractivity contribution in [2.24, 2.45) is 5.92 Å². The molecule has 0 aromatic carbocycles. The molecule has 0 saturated carbocycles. The zero-order chi connectivity index (χ0) is 14.1. The highest BCUT2D eigenvalue weighted by atomic mass is 16.4. The first kappa shape index (κ1) is 16.7. The highest BCUT2D eigenvalue weighted by Crippen LogP contribution is 2.23. The molecule has 0 amide bonds. The SMILES string of the molecule is C=C(C)CCC(CC=C(C)CCC(=O)O)C(=C)C. The third-order valence-corrected chi connectivity index (χ3v) is 3.10. The van der Waals surface area contributed by atoms with Gasteiger partial charge >= 0.3 is 5.97 Å². The summed E-state index contributed by atoms with van der Waals surface area (Å²) in [6, 6.07) is 0. The molecule has 0 spiro atoms. The molecule has 1 atom stereocenters. The molecule has 0 aliphatic rings. The van der Waals surface area contributed by atoms with E-state index in [1.807, 2.05) is 13.8 Å². The fourth-order valence-electron chi connectivity index (χ4n) is 1.74. The minimum atomic E-state index is -0.735. The normalized spacial score (nSPS) is 13.2. The summed E-state index contributed by atoms with van der Waals surface area (Å²) in [6.07, 6.45) is 6.06. The van der Waals surface area contributed by atoms with Gasteiger partial charge in [-0.25, -0.2) is 0 Å². The molecule has 1 N–H and O–H groups in total. The molecule has 2 heteroatoms. The van der Waals surface area contributed by atoms with Crippen LogP contribution in [0.25, 0.3) is 0 Å². The van der Waals surface area contributed by atoms with Gasteiger partial charge in [-0.1, -0.05) is 29.4 Å². The molecule has 0 heterocycles. The van der Waals surface area contributed by atoms with Crippen molar-refractivity contribution in [1.82, 2.24) is 0 Å². The monoisotopic (exact) mass is 250 g/mol. The van der Waals surface area contributed by atoms with Gasteiger partial charge in [-0.3, -0.25) is 4.79 Å². The van der Waals surface area contributed by atoms with Crippen LogP contribution in [0.15, 0.2) is 36.0 Å². The number of hydrogen-bond donors (Lipinski definition) is 1. The van der Waals surface area contributed by atoms with Crippen molar-refractivity contribution < 1.29 is 9.90 Å². The molecule has 0 bridgehead atoms. The summed E-state index contributed by atoms with van der Waals surface area (Å²) in [5, 5.41) is 8.62. The lowest BCUT2D eigenvalue weighted by Gasteiger charge is -2.15. The number of carboxylic acid groups (broad SMARTS) is 1. The fraction of sp³-hybridized carbons (Fsp3) is 0.562. The molecule has 0 saturated heterocycles. The first-order valence-electron chi connectivity index (χ1n) is 6.50. The van der Waals surface area contributed by atoms with Gasteiger partial charge < -0.3 is 5.11 Å². The summed E-state index contributed by atoms with van der Waals surface area (Å²) in [6.45, 7) is 14.1. The average molecular weight is 250 g/mol. The first-order valence-corrected chi connectivity index (χ1v) is 6.50. The molecule has 0 aliphatic heterocycles. The predicted molar refractivity (Wildman–Crippen MR) is 77.6 cm³/mol. The van der Waals surface area contributed by atoms with Gasteiger partial charge in [-0.2, -0.15) is 0 Å². The molecule has 0 rings (SSSR count). The summed E-state index contributed by atoms with van der Waals surface area (Å²) in [5.41, 5.74) is 3.55. The summed E-state index contributed by atoms with van der Waals surface area (Å²) in [7, 11) is 0. The second-order valence-electron chi connectivity index (χ2n) is 5.22. The maximum Gasteiger partial charge on any atom is 0.303 e. The smallest absolute Gasteiger partial charge is 0.303 e. The lowest BCUT2D eigenvalue weighted by Crippen LogP contribution is -2.01. The maximum atomic E-state index is 10.5. The van der Waals surface area contributed by atoms with Crippen molar-refractivity contribution in [1.29, 1.82) is 0 Å². The van der Waals surface area contributed by atoms with Crippen molar-refractivity contribution in [3.8, 4) is 0 Å². The van der Waals surface area contributed by atoms with Crippen LogP contribution in [0.4, 0.5) is 0 Å². The number of hydrogen-bond acceptors (Lipinski definition) is 1. The summed E-state index contributed by atoms with van der Waals surface area (Å²) in [4.78, 5) is 10.5. The highest BCUT2D eigenvalue weighted by molar-refractivity contribution is 5.66. The Morgan fingerprint density at radius 3 is 2.22 bits per heavy atom. The first-order chi connectivity index (χ1) is 8.32. The molecule has 102 valence electrons. The van der Waals surface area contributed by atoms with Crippen molar-refractivity contribution in [3.05, 3.63) is 36.0 Å². The summed E-state index contributed by atoms with van der Waals surface area (Å²) < 4.78 is 0. The van der Waals surface area contributed by atoms with Gasteiger partial charge in [0, 0.05) is 6.42 Å². The van der Waals surface area contributed by atoms with E-state index in [9.17, 15) is 4.79 Å². The molecular formula is C16H26O2. The lowest BCUT2D eigenvalue weighted by molar-refractivity contribution is -0.136. The number of allylic oxidation sites excluding steroid dienone is 4. The average Bonchev–Trinajstić information content (AvgIpc) is 2.25. The van der Waals surface area contributed by atoms with Crippen LogP contribution in [0.1, 0.15) is 52.9 Å². The second-order valence-corrected chi connectivity index (χ2v) is 5.22. The van der Waals surface area contributed by atoms with Crippen LogP contribution in [0.2, 0.25) is 0 Å². The second kappa shape index (κ2) is 8.73. The van der Waals surface area contributed by atoms with E-state index in [4.69, 9.17) is 5.11 Å². The van der Waals surface area contributed by atoms with Gasteiger partial charge in [0.1, 0.15) is 0 Å². The van der Waals surface area contributed by atoms with Crippen molar-refractivity contribution in [2.45, 2.75) is 52.9 Å². The van der Waals surface area contributed by atoms with E-state index in [0.29, 0.717) is 12.3 Å². The van der Waals surface area contributed by atoms with Gasteiger partial charge in [0.15, 0.2) is 0 Å². The minimum absolute atomic E-state index is 0.214. The Labute approximate surface area is 111 Å². The van der Waals surface area contributed by atoms with Crippen molar-refractivity contribution in [3.63, 3.8) is 0 Å². The van der Waals surface area contributed by atoms with Gasteiger partial charge in [-0.05, 0) is 52.4 Å². The van der Waals surface area contributed by atoms with E-state index in [-0.39, 0.29) is 6.42 Å². The van der Waals surface area contributed by atoms with Crippen LogP contribution in [-0.4, -0.2) is 11.1 Å². The standard InChI is InChI=1S/C16H26O2/c1-12(2)6-9-15(13(3)4)10-7-14(5)8-11-16(17)18/h7,15H,1,3,6,8-11H2,2,4-5H3,(H,17,18). The zero-order valence-electron chi connectivity index (χ0n) is 12.0. The Morgan fingerprint density at radius 2 is 1.78 bits per heavy atom. The molecule has 0 aliphatic carbocycles. The number of aliphatic carboxylic acids is 1. The van der Waals surface area contributed by atoms with E-state index in [2.05, 4.69) is 26.2 Å². The Bertz CT molecular complexity index is 337. The molecule has 0 aromatic heterocycles. The summed E-state index contributed by atoms with van der Waals surface area (Å²) >= 11 is 0. The van der Waals surface area contributed by atoms with E-state index in [1.54, 1.807) is 0 Å². The Hall–Kier alpha value is -1.31. The van der Waals surface area contributed by atoms with Crippen LogP contribution in [0.3, 0.4) is 0 Å². The third-order valence-electron chi connectivity index (χ3n) is 3.10. The number of rotatable bonds is 9. The molecule has 2 nitrogen and oxygen atoms in total. The van der Waals surface area contributed by atoms with Crippen LogP contribution in [0.5, 0.6) is 0 Å². The Kier molecular flexibility index (Phi) is 8.10. The predicted octanol–water partition coefficient (Wildman–Crippen LogP) is 4.74. The Balaban J connectivity index is 4.24. The molecule has 1 unspecified atom stereocenters. The highest BCUT2D eigenvalue weighted by Gasteiger charge is 2.08. The largest absolute Gasteiger partial charge is 0.481 e. The van der Waals surface area contributed by atoms with E-state index < -0.39 is 5.97 Å². The van der Waals surface area contributed by atoms with Crippen molar-refractivity contribution >= 4 is 5.97 Å². The van der Waals surface area contributed by atoms with Crippen molar-refractivity contribution in [2.75, 3.05) is 0 Å². The topological polar surface area (TPSA) is 37.3 Å². The molecule has 18 heavy (non-hydrogen) atoms. The summed E-state index contributed by atoms with van der Waals surface area (Å²) in [5.74, 6) is -0.261. The fourth-order valence-corrected chi connectivity index (χ4v) is 1.74. The van der Waals surface area contributed by atoms with Crippen LogP contribution >= 0.6 is 0 Å². The number of carbonyl (C=O) groups is 1. The van der Waals surface area contributed by atoms with Gasteiger partial charge in [0.25, 0.3) is 0 Å². The number of carboxylic acids is 1. The third kappa shape index (κ3) is 8.80. The minimum Gasteiger partial charge on any atom is -0.481 e. The van der Waals surface area contributed by atoms with Gasteiger partial charge in [-0.15, -0.1) is 6.58 Å². The quantitative estimate of drug-likeness (QED) is 0.600. The van der Waals surface area contributed by atoms with Gasteiger partial charge in [0.05, 0.1) is 0 Å². The lowest BCUT2D eigenvalue weighted by atomic mass is 9.90. The van der Waals surface area contributed by atoms with Crippen LogP contribution < -0.4 is 0 Å². The van der Waals surface area contributed by atoms with E-state index in [1.165, 1.54) is 11.1 Å². The molecular weight excluding hydrogens is 224 g/mol.